The molecule has 124 valence electrons. The summed E-state index contributed by atoms with van der Waals surface area (Å²) < 4.78 is 13.4. The summed E-state index contributed by atoms with van der Waals surface area (Å²) in [6, 6.07) is 2.94. The average Bonchev–Trinajstić information content (AvgIpc) is 2.42. The van der Waals surface area contributed by atoms with Crippen molar-refractivity contribution in [3.63, 3.8) is 0 Å². The van der Waals surface area contributed by atoms with Crippen molar-refractivity contribution < 1.29 is 19.1 Å². The third-order valence-corrected chi connectivity index (χ3v) is 3.16. The van der Waals surface area contributed by atoms with Gasteiger partial charge >= 0.3 is 5.97 Å². The molecule has 0 aromatic heterocycles. The second-order valence-electron chi connectivity index (χ2n) is 5.02. The molecule has 1 rings (SSSR count). The third kappa shape index (κ3) is 5.99. The van der Waals surface area contributed by atoms with Gasteiger partial charge in [0.2, 0.25) is 5.91 Å². The summed E-state index contributed by atoms with van der Waals surface area (Å²) in [6.07, 6.45) is 1.13. The molecule has 0 heterocycles. The van der Waals surface area contributed by atoms with Crippen LogP contribution < -0.4 is 10.6 Å². The van der Waals surface area contributed by atoms with Gasteiger partial charge in [-0.05, 0) is 38.0 Å². The number of rotatable bonds is 7. The maximum absolute atomic E-state index is 13.4. The Labute approximate surface area is 135 Å². The number of hydrogen-bond donors (Lipinski definition) is 3. The van der Waals surface area contributed by atoms with E-state index in [4.69, 9.17) is 5.11 Å². The molecule has 2 atom stereocenters. The first-order chi connectivity index (χ1) is 9.85. The molecule has 0 saturated carbocycles. The van der Waals surface area contributed by atoms with Crippen molar-refractivity contribution in [2.45, 2.75) is 45.7 Å². The molecule has 0 fully saturated rings. The number of carboxylic acids is 1. The highest BCUT2D eigenvalue weighted by Crippen LogP contribution is 2.13. The molecule has 5 nitrogen and oxygen atoms in total. The van der Waals surface area contributed by atoms with Crippen LogP contribution in [0.5, 0.6) is 0 Å². The first-order valence-electron chi connectivity index (χ1n) is 6.91. The molecule has 1 aromatic carbocycles. The van der Waals surface area contributed by atoms with Crippen molar-refractivity contribution in [1.82, 2.24) is 5.32 Å². The molecule has 0 aliphatic carbocycles. The van der Waals surface area contributed by atoms with Crippen LogP contribution >= 0.6 is 12.4 Å². The van der Waals surface area contributed by atoms with E-state index in [2.05, 4.69) is 10.6 Å². The number of aryl methyl sites for hydroxylation is 1. The Morgan fingerprint density at radius 1 is 1.36 bits per heavy atom. The quantitative estimate of drug-likeness (QED) is 0.717. The SMILES string of the molecule is CCCC(NC(C)C(=O)Nc1ccc(C)c(F)c1)C(=O)O.Cl. The lowest BCUT2D eigenvalue weighted by molar-refractivity contribution is -0.140. The van der Waals surface area contributed by atoms with E-state index in [-0.39, 0.29) is 12.4 Å². The van der Waals surface area contributed by atoms with Crippen LogP contribution in [0.2, 0.25) is 0 Å². The number of benzene rings is 1. The zero-order valence-corrected chi connectivity index (χ0v) is 13.7. The molecule has 2 unspecified atom stereocenters. The van der Waals surface area contributed by atoms with E-state index in [1.165, 1.54) is 6.07 Å². The van der Waals surface area contributed by atoms with Gasteiger partial charge in [-0.1, -0.05) is 19.4 Å². The highest BCUT2D eigenvalue weighted by Gasteiger charge is 2.22. The lowest BCUT2D eigenvalue weighted by Gasteiger charge is -2.19. The number of carbonyl (C=O) groups excluding carboxylic acids is 1. The summed E-state index contributed by atoms with van der Waals surface area (Å²) >= 11 is 0. The van der Waals surface area contributed by atoms with Crippen LogP contribution in [0.25, 0.3) is 0 Å². The van der Waals surface area contributed by atoms with Crippen LogP contribution in [0.1, 0.15) is 32.3 Å². The van der Waals surface area contributed by atoms with Gasteiger partial charge in [0.25, 0.3) is 0 Å². The zero-order chi connectivity index (χ0) is 16.0. The highest BCUT2D eigenvalue weighted by atomic mass is 35.5. The van der Waals surface area contributed by atoms with E-state index >= 15 is 0 Å². The van der Waals surface area contributed by atoms with E-state index in [9.17, 15) is 14.0 Å². The number of hydrogen-bond acceptors (Lipinski definition) is 3. The van der Waals surface area contributed by atoms with Gasteiger partial charge in [-0.2, -0.15) is 0 Å². The fraction of sp³-hybridized carbons (Fsp3) is 0.467. The van der Waals surface area contributed by atoms with Crippen molar-refractivity contribution in [3.05, 3.63) is 29.6 Å². The van der Waals surface area contributed by atoms with E-state index in [1.54, 1.807) is 26.0 Å². The Balaban J connectivity index is 0.00000441. The number of amides is 1. The molecule has 0 spiro atoms. The fourth-order valence-corrected chi connectivity index (χ4v) is 1.87. The van der Waals surface area contributed by atoms with Gasteiger partial charge < -0.3 is 10.4 Å². The molecular formula is C15H22ClFN2O3. The fourth-order valence-electron chi connectivity index (χ4n) is 1.87. The topological polar surface area (TPSA) is 78.4 Å². The van der Waals surface area contributed by atoms with Crippen molar-refractivity contribution in [2.75, 3.05) is 5.32 Å². The Bertz CT molecular complexity index is 526. The molecule has 3 N–H and O–H groups in total. The molecule has 1 amide bonds. The summed E-state index contributed by atoms with van der Waals surface area (Å²) in [5.74, 6) is -1.79. The highest BCUT2D eigenvalue weighted by molar-refractivity contribution is 5.95. The van der Waals surface area contributed by atoms with Crippen LogP contribution in [0.15, 0.2) is 18.2 Å². The summed E-state index contributed by atoms with van der Waals surface area (Å²) in [6.45, 7) is 5.08. The maximum atomic E-state index is 13.4. The summed E-state index contributed by atoms with van der Waals surface area (Å²) in [5.41, 5.74) is 0.840. The molecule has 1 aromatic rings. The molecule has 0 bridgehead atoms. The van der Waals surface area contributed by atoms with Crippen LogP contribution in [0.4, 0.5) is 10.1 Å². The Kier molecular flexibility index (Phi) is 8.67. The predicted molar refractivity (Wildman–Crippen MR) is 85.9 cm³/mol. The molecule has 0 aliphatic rings. The van der Waals surface area contributed by atoms with Crippen LogP contribution in [-0.4, -0.2) is 29.1 Å². The summed E-state index contributed by atoms with van der Waals surface area (Å²) in [5, 5.41) is 14.4. The monoisotopic (exact) mass is 332 g/mol. The first kappa shape index (κ1) is 20.3. The van der Waals surface area contributed by atoms with Crippen LogP contribution in [0.3, 0.4) is 0 Å². The smallest absolute Gasteiger partial charge is 0.320 e. The molecule has 0 radical (unpaired) electrons. The number of carboxylic acid groups (broad SMARTS) is 1. The average molecular weight is 333 g/mol. The lowest BCUT2D eigenvalue weighted by Crippen LogP contribution is -2.47. The largest absolute Gasteiger partial charge is 0.480 e. The minimum absolute atomic E-state index is 0. The minimum atomic E-state index is -0.988. The Morgan fingerprint density at radius 3 is 2.50 bits per heavy atom. The third-order valence-electron chi connectivity index (χ3n) is 3.16. The number of aliphatic carboxylic acids is 1. The second kappa shape index (κ2) is 9.38. The van der Waals surface area contributed by atoms with E-state index in [0.29, 0.717) is 24.1 Å². The number of anilines is 1. The van der Waals surface area contributed by atoms with E-state index in [0.717, 1.165) is 0 Å². The van der Waals surface area contributed by atoms with Gasteiger partial charge in [0.15, 0.2) is 0 Å². The summed E-state index contributed by atoms with van der Waals surface area (Å²) in [4.78, 5) is 23.0. The predicted octanol–water partition coefficient (Wildman–Crippen LogP) is 2.73. The second-order valence-corrected chi connectivity index (χ2v) is 5.02. The minimum Gasteiger partial charge on any atom is -0.480 e. The Morgan fingerprint density at radius 2 is 2.00 bits per heavy atom. The number of halogens is 2. The van der Waals surface area contributed by atoms with E-state index < -0.39 is 29.8 Å². The lowest BCUT2D eigenvalue weighted by atomic mass is 10.1. The standard InChI is InChI=1S/C15H21FN2O3.ClH/c1-4-5-13(15(20)21)17-10(3)14(19)18-11-7-6-9(2)12(16)8-11;/h6-8,10,13,17H,4-5H2,1-3H3,(H,18,19)(H,20,21);1H. The first-order valence-corrected chi connectivity index (χ1v) is 6.91. The van der Waals surface area contributed by atoms with Crippen molar-refractivity contribution in [3.8, 4) is 0 Å². The normalized spacial score (nSPS) is 12.9. The van der Waals surface area contributed by atoms with Gasteiger partial charge in [0.1, 0.15) is 11.9 Å². The number of nitrogens with one attached hydrogen (secondary N) is 2. The van der Waals surface area contributed by atoms with Gasteiger partial charge in [-0.15, -0.1) is 12.4 Å². The van der Waals surface area contributed by atoms with E-state index in [1.807, 2.05) is 6.92 Å². The van der Waals surface area contributed by atoms with Gasteiger partial charge in [-0.3, -0.25) is 14.9 Å². The Hall–Kier alpha value is -1.66. The van der Waals surface area contributed by atoms with Crippen LogP contribution in [-0.2, 0) is 9.59 Å². The van der Waals surface area contributed by atoms with Crippen molar-refractivity contribution >= 4 is 30.0 Å². The maximum Gasteiger partial charge on any atom is 0.320 e. The van der Waals surface area contributed by atoms with Gasteiger partial charge in [0, 0.05) is 5.69 Å². The molecule has 0 aliphatic heterocycles. The summed E-state index contributed by atoms with van der Waals surface area (Å²) in [7, 11) is 0. The molecule has 22 heavy (non-hydrogen) atoms. The van der Waals surface area contributed by atoms with Crippen molar-refractivity contribution in [2.24, 2.45) is 0 Å². The zero-order valence-electron chi connectivity index (χ0n) is 12.9. The molecule has 7 heteroatoms. The van der Waals surface area contributed by atoms with Crippen LogP contribution in [0, 0.1) is 12.7 Å². The number of carbonyl (C=O) groups is 2. The van der Waals surface area contributed by atoms with Gasteiger partial charge in [-0.25, -0.2) is 4.39 Å². The van der Waals surface area contributed by atoms with Crippen molar-refractivity contribution in [1.29, 1.82) is 0 Å². The van der Waals surface area contributed by atoms with Gasteiger partial charge in [0.05, 0.1) is 6.04 Å². The molecule has 0 saturated heterocycles. The molecular weight excluding hydrogens is 311 g/mol.